The van der Waals surface area contributed by atoms with Crippen LogP contribution < -0.4 is 25.6 Å². The summed E-state index contributed by atoms with van der Waals surface area (Å²) < 4.78 is 11.8. The molecule has 2 aromatic carbocycles. The smallest absolute Gasteiger partial charge is 0.257 e. The highest BCUT2D eigenvalue weighted by molar-refractivity contribution is 9.10. The minimum atomic E-state index is -0.429. The second kappa shape index (κ2) is 12.8. The van der Waals surface area contributed by atoms with Gasteiger partial charge in [-0.2, -0.15) is 0 Å². The first-order valence-corrected chi connectivity index (χ1v) is 11.6. The van der Waals surface area contributed by atoms with Crippen LogP contribution in [0.15, 0.2) is 40.9 Å². The molecule has 0 spiro atoms. The van der Waals surface area contributed by atoms with Crippen molar-refractivity contribution in [1.82, 2.24) is 16.2 Å². The van der Waals surface area contributed by atoms with E-state index >= 15 is 0 Å². The van der Waals surface area contributed by atoms with Crippen LogP contribution in [0.25, 0.3) is 0 Å². The number of ether oxygens (including phenoxy) is 2. The lowest BCUT2D eigenvalue weighted by Gasteiger charge is -2.13. The predicted octanol–water partition coefficient (Wildman–Crippen LogP) is 5.04. The van der Waals surface area contributed by atoms with Crippen molar-refractivity contribution in [3.63, 3.8) is 0 Å². The number of carbonyl (C=O) groups excluding carboxylic acids is 2. The molecule has 3 N–H and O–H groups in total. The number of hydrogen-bond acceptors (Lipinski definition) is 5. The van der Waals surface area contributed by atoms with E-state index in [4.69, 9.17) is 44.9 Å². The van der Waals surface area contributed by atoms with E-state index in [0.29, 0.717) is 44.6 Å². The van der Waals surface area contributed by atoms with Crippen LogP contribution in [0.2, 0.25) is 10.0 Å². The molecular weight excluding hydrogens is 541 g/mol. The Kier molecular flexibility index (Phi) is 10.5. The van der Waals surface area contributed by atoms with Crippen LogP contribution in [0.1, 0.15) is 37.0 Å². The summed E-state index contributed by atoms with van der Waals surface area (Å²) in [6, 6.07) is 9.85. The summed E-state index contributed by atoms with van der Waals surface area (Å²) in [5.41, 5.74) is 5.30. The Bertz CT molecular complexity index is 992. The molecule has 0 heterocycles. The number of hydrogen-bond donors (Lipinski definition) is 3. The minimum absolute atomic E-state index is 0.00756. The van der Waals surface area contributed by atoms with Crippen molar-refractivity contribution in [3.05, 3.63) is 56.5 Å². The second-order valence-electron chi connectivity index (χ2n) is 6.79. The van der Waals surface area contributed by atoms with Gasteiger partial charge in [0.05, 0.1) is 22.2 Å². The van der Waals surface area contributed by atoms with Crippen LogP contribution in [0, 0.1) is 0 Å². The van der Waals surface area contributed by atoms with Gasteiger partial charge in [-0.15, -0.1) is 0 Å². The summed E-state index contributed by atoms with van der Waals surface area (Å²) in [5.74, 6) is 0.382. The van der Waals surface area contributed by atoms with Gasteiger partial charge in [0.15, 0.2) is 5.11 Å². The lowest BCUT2D eigenvalue weighted by atomic mass is 10.2. The Morgan fingerprint density at radius 3 is 2.47 bits per heavy atom. The molecule has 7 nitrogen and oxygen atoms in total. The average molecular weight is 563 g/mol. The summed E-state index contributed by atoms with van der Waals surface area (Å²) >= 11 is 20.3. The number of hydrazine groups is 1. The first-order chi connectivity index (χ1) is 15.2. The third-order valence-corrected chi connectivity index (χ3v) is 5.15. The molecule has 0 bridgehead atoms. The molecule has 0 unspecified atom stereocenters. The largest absolute Gasteiger partial charge is 0.492 e. The number of halogens is 3. The fraction of sp³-hybridized carbons (Fsp3) is 0.286. The van der Waals surface area contributed by atoms with E-state index < -0.39 is 5.91 Å². The van der Waals surface area contributed by atoms with E-state index in [0.717, 1.165) is 0 Å². The van der Waals surface area contributed by atoms with Gasteiger partial charge >= 0.3 is 0 Å². The van der Waals surface area contributed by atoms with Gasteiger partial charge in [0.1, 0.15) is 11.5 Å². The molecule has 0 radical (unpaired) electrons. The first-order valence-electron chi connectivity index (χ1n) is 9.60. The van der Waals surface area contributed by atoms with Crippen LogP contribution in [0.3, 0.4) is 0 Å². The topological polar surface area (TPSA) is 88.7 Å². The minimum Gasteiger partial charge on any atom is -0.492 e. The zero-order valence-electron chi connectivity index (χ0n) is 17.3. The number of rotatable bonds is 8. The molecule has 32 heavy (non-hydrogen) atoms. The van der Waals surface area contributed by atoms with Gasteiger partial charge in [0, 0.05) is 17.0 Å². The second-order valence-corrected chi connectivity index (χ2v) is 8.90. The van der Waals surface area contributed by atoms with Gasteiger partial charge in [-0.1, -0.05) is 23.2 Å². The van der Waals surface area contributed by atoms with Gasteiger partial charge < -0.3 is 9.47 Å². The maximum atomic E-state index is 12.3. The van der Waals surface area contributed by atoms with Crippen molar-refractivity contribution in [2.75, 3.05) is 6.61 Å². The van der Waals surface area contributed by atoms with Gasteiger partial charge in [-0.3, -0.25) is 25.8 Å². The normalized spacial score (nSPS) is 10.4. The zero-order valence-corrected chi connectivity index (χ0v) is 21.3. The van der Waals surface area contributed by atoms with Gasteiger partial charge in [-0.25, -0.2) is 0 Å². The van der Waals surface area contributed by atoms with E-state index in [1.54, 1.807) is 36.4 Å². The van der Waals surface area contributed by atoms with E-state index in [1.807, 2.05) is 13.8 Å². The maximum Gasteiger partial charge on any atom is 0.257 e. The van der Waals surface area contributed by atoms with E-state index in [9.17, 15) is 9.59 Å². The highest BCUT2D eigenvalue weighted by Crippen LogP contribution is 2.28. The molecule has 0 saturated carbocycles. The van der Waals surface area contributed by atoms with Crippen molar-refractivity contribution < 1.29 is 19.1 Å². The molecule has 0 aliphatic rings. The lowest BCUT2D eigenvalue weighted by molar-refractivity contribution is -0.121. The third kappa shape index (κ3) is 8.82. The van der Waals surface area contributed by atoms with Crippen LogP contribution in [0.5, 0.6) is 11.5 Å². The zero-order chi connectivity index (χ0) is 23.7. The SMILES string of the molecule is CC(C)Oc1ccc(C(=O)NC(=S)NNC(=O)CCCOc2ccc(Cl)cc2Cl)cc1Br. The Hall–Kier alpha value is -2.07. The molecule has 0 aliphatic heterocycles. The number of carbonyl (C=O) groups is 2. The molecule has 2 rings (SSSR count). The number of nitrogens with one attached hydrogen (secondary N) is 3. The molecule has 11 heteroatoms. The molecule has 2 amide bonds. The van der Waals surface area contributed by atoms with Crippen molar-refractivity contribution in [2.24, 2.45) is 0 Å². The fourth-order valence-electron chi connectivity index (χ4n) is 2.39. The van der Waals surface area contributed by atoms with Crippen molar-refractivity contribution in [1.29, 1.82) is 0 Å². The van der Waals surface area contributed by atoms with Crippen molar-refractivity contribution in [2.45, 2.75) is 32.8 Å². The van der Waals surface area contributed by atoms with Crippen LogP contribution >= 0.6 is 51.3 Å². The lowest BCUT2D eigenvalue weighted by Crippen LogP contribution is -2.48. The van der Waals surface area contributed by atoms with Crippen LogP contribution in [-0.2, 0) is 4.79 Å². The number of thiocarbonyl (C=S) groups is 1. The quantitative estimate of drug-likeness (QED) is 0.237. The number of amides is 2. The van der Waals surface area contributed by atoms with Crippen molar-refractivity contribution in [3.8, 4) is 11.5 Å². The Morgan fingerprint density at radius 2 is 1.81 bits per heavy atom. The summed E-state index contributed by atoms with van der Waals surface area (Å²) in [6.45, 7) is 4.11. The van der Waals surface area contributed by atoms with Crippen molar-refractivity contribution >= 4 is 68.3 Å². The Labute approximate surface area is 210 Å². The molecule has 0 aliphatic carbocycles. The summed E-state index contributed by atoms with van der Waals surface area (Å²) in [6.07, 6.45) is 0.636. The molecular formula is C21H22BrCl2N3O4S. The highest BCUT2D eigenvalue weighted by Gasteiger charge is 2.12. The monoisotopic (exact) mass is 561 g/mol. The van der Waals surface area contributed by atoms with Crippen LogP contribution in [-0.4, -0.2) is 29.6 Å². The third-order valence-electron chi connectivity index (χ3n) is 3.80. The molecule has 0 atom stereocenters. The highest BCUT2D eigenvalue weighted by atomic mass is 79.9. The van der Waals surface area contributed by atoms with Gasteiger partial charge in [-0.05, 0) is 84.8 Å². The standard InChI is InChI=1S/C21H22BrCl2N3O4S/c1-12(2)31-17-7-5-13(10-15(17)22)20(29)25-21(32)27-26-19(28)4-3-9-30-18-8-6-14(23)11-16(18)24/h5-8,10-12H,3-4,9H2,1-2H3,(H,26,28)(H2,25,27,29,32). The molecule has 0 aromatic heterocycles. The summed E-state index contributed by atoms with van der Waals surface area (Å²) in [4.78, 5) is 24.3. The number of benzene rings is 2. The summed E-state index contributed by atoms with van der Waals surface area (Å²) in [5, 5.41) is 3.37. The average Bonchev–Trinajstić information content (AvgIpc) is 2.72. The van der Waals surface area contributed by atoms with Gasteiger partial charge in [0.2, 0.25) is 5.91 Å². The summed E-state index contributed by atoms with van der Waals surface area (Å²) in [7, 11) is 0. The molecule has 0 saturated heterocycles. The predicted molar refractivity (Wildman–Crippen MR) is 132 cm³/mol. The van der Waals surface area contributed by atoms with E-state index in [2.05, 4.69) is 32.1 Å². The Morgan fingerprint density at radius 1 is 1.09 bits per heavy atom. The van der Waals surface area contributed by atoms with E-state index in [-0.39, 0.29) is 23.5 Å². The molecule has 172 valence electrons. The maximum absolute atomic E-state index is 12.3. The fourth-order valence-corrected chi connectivity index (χ4v) is 3.47. The first kappa shape index (κ1) is 26.2. The van der Waals surface area contributed by atoms with E-state index in [1.165, 1.54) is 0 Å². The van der Waals surface area contributed by atoms with Gasteiger partial charge in [0.25, 0.3) is 5.91 Å². The van der Waals surface area contributed by atoms with Crippen LogP contribution in [0.4, 0.5) is 0 Å². The molecule has 2 aromatic rings. The Balaban J connectivity index is 1.70. The molecule has 0 fully saturated rings.